The summed E-state index contributed by atoms with van der Waals surface area (Å²) >= 11 is 0. The van der Waals surface area contributed by atoms with Crippen LogP contribution in [0.2, 0.25) is 0 Å². The standard InChI is InChI=1S/C10H14O.C2H6/c1-3-5-6-10-9(4-2)7-8-11-10;1-2/h3-6H,7-8H2,1-2H3;1-2H3/b5-3-,9-4-,10-6+;. The second-order valence-electron chi connectivity index (χ2n) is 2.47. The van der Waals surface area contributed by atoms with E-state index in [1.54, 1.807) is 0 Å². The van der Waals surface area contributed by atoms with Gasteiger partial charge in [-0.25, -0.2) is 0 Å². The number of rotatable bonds is 1. The van der Waals surface area contributed by atoms with Crippen LogP contribution in [0.3, 0.4) is 0 Å². The summed E-state index contributed by atoms with van der Waals surface area (Å²) in [6.45, 7) is 8.89. The van der Waals surface area contributed by atoms with Gasteiger partial charge in [-0.1, -0.05) is 32.1 Å². The molecule has 0 aliphatic carbocycles. The first-order valence-electron chi connectivity index (χ1n) is 5.00. The third kappa shape index (κ3) is 3.97. The molecule has 0 N–H and O–H groups in total. The molecule has 13 heavy (non-hydrogen) atoms. The summed E-state index contributed by atoms with van der Waals surface area (Å²) in [5, 5.41) is 0. The van der Waals surface area contributed by atoms with Gasteiger partial charge in [0, 0.05) is 6.42 Å². The van der Waals surface area contributed by atoms with Gasteiger partial charge in [0.15, 0.2) is 0 Å². The van der Waals surface area contributed by atoms with E-state index >= 15 is 0 Å². The Balaban J connectivity index is 0.000000671. The molecule has 1 heterocycles. The molecule has 1 rings (SSSR count). The summed E-state index contributed by atoms with van der Waals surface area (Å²) in [5.74, 6) is 1.03. The van der Waals surface area contributed by atoms with Gasteiger partial charge in [-0.15, -0.1) is 0 Å². The molecule has 1 nitrogen and oxygen atoms in total. The van der Waals surface area contributed by atoms with E-state index in [1.807, 2.05) is 45.9 Å². The van der Waals surface area contributed by atoms with Crippen LogP contribution in [0.4, 0.5) is 0 Å². The Morgan fingerprint density at radius 3 is 2.46 bits per heavy atom. The van der Waals surface area contributed by atoms with E-state index in [0.29, 0.717) is 0 Å². The predicted octanol–water partition coefficient (Wildman–Crippen LogP) is 3.84. The van der Waals surface area contributed by atoms with E-state index in [1.165, 1.54) is 5.57 Å². The van der Waals surface area contributed by atoms with Gasteiger partial charge in [0.1, 0.15) is 5.76 Å². The second kappa shape index (κ2) is 7.66. The summed E-state index contributed by atoms with van der Waals surface area (Å²) in [7, 11) is 0. The first-order chi connectivity index (χ1) is 6.38. The van der Waals surface area contributed by atoms with Gasteiger partial charge in [-0.05, 0) is 25.5 Å². The van der Waals surface area contributed by atoms with Gasteiger partial charge in [0.05, 0.1) is 6.61 Å². The van der Waals surface area contributed by atoms with Crippen LogP contribution >= 0.6 is 0 Å². The van der Waals surface area contributed by atoms with Crippen molar-refractivity contribution in [2.24, 2.45) is 0 Å². The van der Waals surface area contributed by atoms with Crippen molar-refractivity contribution in [1.82, 2.24) is 0 Å². The van der Waals surface area contributed by atoms with Crippen LogP contribution in [0.25, 0.3) is 0 Å². The van der Waals surface area contributed by atoms with Crippen molar-refractivity contribution in [2.75, 3.05) is 6.61 Å². The smallest absolute Gasteiger partial charge is 0.122 e. The lowest BCUT2D eigenvalue weighted by Crippen LogP contribution is -1.78. The highest BCUT2D eigenvalue weighted by atomic mass is 16.5. The number of hydrogen-bond donors (Lipinski definition) is 0. The minimum atomic E-state index is 0.836. The van der Waals surface area contributed by atoms with E-state index in [9.17, 15) is 0 Å². The van der Waals surface area contributed by atoms with Gasteiger partial charge in [0.25, 0.3) is 0 Å². The summed E-state index contributed by atoms with van der Waals surface area (Å²) in [6.07, 6.45) is 9.19. The molecular formula is C12H20O. The maximum atomic E-state index is 5.40. The molecule has 0 unspecified atom stereocenters. The third-order valence-electron chi connectivity index (χ3n) is 1.73. The van der Waals surface area contributed by atoms with Crippen molar-refractivity contribution >= 4 is 0 Å². The Bertz CT molecular complexity index is 209. The molecule has 1 fully saturated rings. The maximum Gasteiger partial charge on any atom is 0.122 e. The molecule has 0 atom stereocenters. The lowest BCUT2D eigenvalue weighted by molar-refractivity contribution is 0.266. The van der Waals surface area contributed by atoms with Crippen LogP contribution in [-0.2, 0) is 4.74 Å². The molecule has 0 bridgehead atoms. The molecule has 0 aromatic heterocycles. The van der Waals surface area contributed by atoms with Gasteiger partial charge < -0.3 is 4.74 Å². The van der Waals surface area contributed by atoms with Gasteiger partial charge in [-0.3, -0.25) is 0 Å². The summed E-state index contributed by atoms with van der Waals surface area (Å²) in [5.41, 5.74) is 1.32. The molecular weight excluding hydrogens is 160 g/mol. The average molecular weight is 180 g/mol. The van der Waals surface area contributed by atoms with E-state index < -0.39 is 0 Å². The highest BCUT2D eigenvalue weighted by molar-refractivity contribution is 5.31. The summed E-state index contributed by atoms with van der Waals surface area (Å²) in [6, 6.07) is 0. The fourth-order valence-electron chi connectivity index (χ4n) is 1.11. The van der Waals surface area contributed by atoms with Crippen molar-refractivity contribution in [3.8, 4) is 0 Å². The fraction of sp³-hybridized carbons (Fsp3) is 0.500. The lowest BCUT2D eigenvalue weighted by atomic mass is 10.2. The van der Waals surface area contributed by atoms with Gasteiger partial charge >= 0.3 is 0 Å². The van der Waals surface area contributed by atoms with Crippen LogP contribution < -0.4 is 0 Å². The Hall–Kier alpha value is -0.980. The van der Waals surface area contributed by atoms with Crippen LogP contribution in [0.5, 0.6) is 0 Å². The zero-order valence-electron chi connectivity index (χ0n) is 9.13. The van der Waals surface area contributed by atoms with Crippen LogP contribution in [0, 0.1) is 0 Å². The molecule has 0 saturated carbocycles. The topological polar surface area (TPSA) is 9.23 Å². The van der Waals surface area contributed by atoms with Crippen molar-refractivity contribution in [3.63, 3.8) is 0 Å². The van der Waals surface area contributed by atoms with Crippen LogP contribution in [-0.4, -0.2) is 6.61 Å². The lowest BCUT2D eigenvalue weighted by Gasteiger charge is -1.96. The van der Waals surface area contributed by atoms with Crippen molar-refractivity contribution < 1.29 is 4.74 Å². The van der Waals surface area contributed by atoms with Crippen molar-refractivity contribution in [1.29, 1.82) is 0 Å². The molecule has 0 amide bonds. The minimum absolute atomic E-state index is 0.836. The largest absolute Gasteiger partial charge is 0.493 e. The SMILES string of the molecule is CC.C\C=C/C=C1/OCC/C1=C/C. The first-order valence-corrected chi connectivity index (χ1v) is 5.00. The summed E-state index contributed by atoms with van der Waals surface area (Å²) in [4.78, 5) is 0. The molecule has 1 aliphatic rings. The van der Waals surface area contributed by atoms with Gasteiger partial charge in [-0.2, -0.15) is 0 Å². The van der Waals surface area contributed by atoms with E-state index in [4.69, 9.17) is 4.74 Å². The van der Waals surface area contributed by atoms with Crippen LogP contribution in [0.1, 0.15) is 34.1 Å². The molecule has 74 valence electrons. The average Bonchev–Trinajstić information content (AvgIpc) is 2.65. The Kier molecular flexibility index (Phi) is 7.08. The summed E-state index contributed by atoms with van der Waals surface area (Å²) < 4.78 is 5.40. The van der Waals surface area contributed by atoms with Gasteiger partial charge in [0.2, 0.25) is 0 Å². The van der Waals surface area contributed by atoms with Crippen LogP contribution in [0.15, 0.2) is 35.6 Å². The molecule has 0 aromatic carbocycles. The zero-order valence-corrected chi connectivity index (χ0v) is 9.13. The fourth-order valence-corrected chi connectivity index (χ4v) is 1.11. The normalized spacial score (nSPS) is 21.8. The molecule has 0 spiro atoms. The Morgan fingerprint density at radius 2 is 1.92 bits per heavy atom. The molecule has 1 heteroatoms. The Morgan fingerprint density at radius 1 is 1.23 bits per heavy atom. The quantitative estimate of drug-likeness (QED) is 0.595. The first kappa shape index (κ1) is 12.0. The maximum absolute atomic E-state index is 5.40. The van der Waals surface area contributed by atoms with E-state index in [2.05, 4.69) is 6.08 Å². The third-order valence-corrected chi connectivity index (χ3v) is 1.73. The van der Waals surface area contributed by atoms with Crippen molar-refractivity contribution in [3.05, 3.63) is 35.6 Å². The second-order valence-corrected chi connectivity index (χ2v) is 2.47. The number of allylic oxidation sites excluding steroid dienone is 5. The molecule has 0 radical (unpaired) electrons. The van der Waals surface area contributed by atoms with Crippen molar-refractivity contribution in [2.45, 2.75) is 34.1 Å². The monoisotopic (exact) mass is 180 g/mol. The minimum Gasteiger partial charge on any atom is -0.493 e. The molecule has 1 saturated heterocycles. The predicted molar refractivity (Wildman–Crippen MR) is 58.6 cm³/mol. The zero-order chi connectivity index (χ0) is 10.1. The Labute approximate surface area is 81.8 Å². The number of ether oxygens (including phenoxy) is 1. The van der Waals surface area contributed by atoms with E-state index in [0.717, 1.165) is 18.8 Å². The molecule has 1 aliphatic heterocycles. The molecule has 0 aromatic rings. The number of hydrogen-bond acceptors (Lipinski definition) is 1. The van der Waals surface area contributed by atoms with E-state index in [-0.39, 0.29) is 0 Å². The highest BCUT2D eigenvalue weighted by Gasteiger charge is 2.11. The highest BCUT2D eigenvalue weighted by Crippen LogP contribution is 2.23.